The van der Waals surface area contributed by atoms with Gasteiger partial charge < -0.3 is 16.0 Å². The Bertz CT molecular complexity index is 1040. The number of primary amides is 1. The number of fused-ring (bicyclic) bond motifs is 1. The summed E-state index contributed by atoms with van der Waals surface area (Å²) in [4.78, 5) is 78.4. The molecule has 3 amide bonds. The van der Waals surface area contributed by atoms with Gasteiger partial charge in [0.25, 0.3) is 5.91 Å². The largest absolute Gasteiger partial charge is 0.363 e. The average Bonchev–Trinajstić information content (AvgIpc) is 3.14. The summed E-state index contributed by atoms with van der Waals surface area (Å²) in [7, 11) is 0. The van der Waals surface area contributed by atoms with Gasteiger partial charge in [0.05, 0.1) is 12.0 Å². The molecular weight excluding hydrogens is 498 g/mol. The molecule has 0 aromatic heterocycles. The molecule has 9 nitrogen and oxygen atoms in total. The number of nitrogens with zero attached hydrogens (tertiary/aromatic N) is 1. The molecule has 216 valence electrons. The van der Waals surface area contributed by atoms with E-state index in [4.69, 9.17) is 5.73 Å². The molecule has 0 spiro atoms. The Hall–Kier alpha value is -2.84. The lowest BCUT2D eigenvalue weighted by atomic mass is 9.76. The van der Waals surface area contributed by atoms with Gasteiger partial charge in [-0.2, -0.15) is 0 Å². The molecule has 0 radical (unpaired) electrons. The number of nitrogens with one attached hydrogen (secondary N) is 1. The summed E-state index contributed by atoms with van der Waals surface area (Å²) in [6.07, 6.45) is 4.65. The SMILES string of the molecule is C=CC(=O)NC[C@H](CC(=O)CC(C)(C)C)C(=O)N1CC2[C@@H]([C@H]1C(=O)CC(CC1CCC1)C(=O)C(N)=O)C2(C)C. The van der Waals surface area contributed by atoms with Crippen LogP contribution in [0.15, 0.2) is 12.7 Å². The molecule has 2 aliphatic carbocycles. The number of ketones is 3. The second kappa shape index (κ2) is 11.7. The number of hydrogen-bond donors (Lipinski definition) is 2. The Kier molecular flexibility index (Phi) is 9.23. The first kappa shape index (κ1) is 30.7. The second-order valence-corrected chi connectivity index (χ2v) is 13.6. The fraction of sp³-hybridized carbons (Fsp3) is 0.733. The van der Waals surface area contributed by atoms with Crippen LogP contribution in [0.2, 0.25) is 0 Å². The lowest BCUT2D eigenvalue weighted by Crippen LogP contribution is -2.50. The first-order valence-corrected chi connectivity index (χ1v) is 14.2. The number of likely N-dealkylation sites (tertiary alicyclic amines) is 1. The molecule has 2 unspecified atom stereocenters. The zero-order valence-corrected chi connectivity index (χ0v) is 24.1. The Morgan fingerprint density at radius 3 is 2.23 bits per heavy atom. The van der Waals surface area contributed by atoms with Crippen molar-refractivity contribution in [2.45, 2.75) is 85.6 Å². The predicted molar refractivity (Wildman–Crippen MR) is 146 cm³/mol. The van der Waals surface area contributed by atoms with Gasteiger partial charge in [0.15, 0.2) is 5.78 Å². The molecule has 39 heavy (non-hydrogen) atoms. The maximum Gasteiger partial charge on any atom is 0.285 e. The van der Waals surface area contributed by atoms with Crippen LogP contribution in [0.4, 0.5) is 0 Å². The zero-order valence-electron chi connectivity index (χ0n) is 24.1. The summed E-state index contributed by atoms with van der Waals surface area (Å²) in [5, 5.41) is 2.64. The molecule has 5 atom stereocenters. The van der Waals surface area contributed by atoms with E-state index < -0.39 is 35.5 Å². The Morgan fingerprint density at radius 2 is 1.72 bits per heavy atom. The molecule has 0 aromatic carbocycles. The van der Waals surface area contributed by atoms with Crippen molar-refractivity contribution in [2.24, 2.45) is 46.2 Å². The Labute approximate surface area is 231 Å². The molecule has 0 bridgehead atoms. The summed E-state index contributed by atoms with van der Waals surface area (Å²) < 4.78 is 0. The number of Topliss-reactive ketones (excluding diaryl/α,β-unsaturated/α-hetero) is 3. The zero-order chi connectivity index (χ0) is 29.3. The molecule has 1 aliphatic heterocycles. The topological polar surface area (TPSA) is 144 Å². The number of amides is 3. The standard InChI is InChI=1S/C30H45N3O6/c1-7-23(36)32-15-19(12-20(34)14-29(2,3)4)28(39)33-16-21-24(30(21,5)6)25(33)22(35)13-18(26(37)27(31)38)11-17-9-8-10-17/h7,17-19,21,24-25H,1,8-16H2,2-6H3,(H2,31,38)(H,32,36)/t18?,19-,21?,24-,25+/m0/s1. The maximum absolute atomic E-state index is 13.9. The third-order valence-corrected chi connectivity index (χ3v) is 8.98. The van der Waals surface area contributed by atoms with Gasteiger partial charge in [-0.25, -0.2) is 0 Å². The third kappa shape index (κ3) is 7.22. The minimum absolute atomic E-state index is 0.0415. The van der Waals surface area contributed by atoms with Crippen molar-refractivity contribution >= 4 is 35.1 Å². The van der Waals surface area contributed by atoms with Crippen LogP contribution in [-0.4, -0.2) is 59.1 Å². The van der Waals surface area contributed by atoms with Crippen LogP contribution < -0.4 is 11.1 Å². The van der Waals surface area contributed by atoms with Crippen molar-refractivity contribution in [1.82, 2.24) is 10.2 Å². The lowest BCUT2D eigenvalue weighted by molar-refractivity contribution is -0.145. The quantitative estimate of drug-likeness (QED) is 0.255. The molecule has 3 N–H and O–H groups in total. The summed E-state index contributed by atoms with van der Waals surface area (Å²) in [6, 6.07) is -0.739. The van der Waals surface area contributed by atoms with Gasteiger partial charge in [0, 0.05) is 38.3 Å². The fourth-order valence-corrected chi connectivity index (χ4v) is 6.58. The van der Waals surface area contributed by atoms with E-state index in [1.807, 2.05) is 20.8 Å². The van der Waals surface area contributed by atoms with Crippen LogP contribution in [0, 0.1) is 40.4 Å². The van der Waals surface area contributed by atoms with E-state index >= 15 is 0 Å². The highest BCUT2D eigenvalue weighted by molar-refractivity contribution is 6.36. The summed E-state index contributed by atoms with van der Waals surface area (Å²) in [5.41, 5.74) is 4.93. The van der Waals surface area contributed by atoms with Crippen molar-refractivity contribution in [3.05, 3.63) is 12.7 Å². The molecule has 3 rings (SSSR count). The molecule has 1 heterocycles. The van der Waals surface area contributed by atoms with Crippen molar-refractivity contribution in [3.63, 3.8) is 0 Å². The number of nitrogens with two attached hydrogens (primary N) is 1. The smallest absolute Gasteiger partial charge is 0.285 e. The number of carbonyl (C=O) groups excluding carboxylic acids is 6. The lowest BCUT2D eigenvalue weighted by Gasteiger charge is -2.34. The molecule has 0 aromatic rings. The van der Waals surface area contributed by atoms with E-state index in [-0.39, 0.29) is 65.9 Å². The minimum Gasteiger partial charge on any atom is -0.363 e. The second-order valence-electron chi connectivity index (χ2n) is 13.6. The Balaban J connectivity index is 1.82. The third-order valence-electron chi connectivity index (χ3n) is 8.98. The van der Waals surface area contributed by atoms with Gasteiger partial charge in [-0.05, 0) is 41.1 Å². The summed E-state index contributed by atoms with van der Waals surface area (Å²) >= 11 is 0. The van der Waals surface area contributed by atoms with Gasteiger partial charge in [-0.15, -0.1) is 0 Å². The molecule has 2 saturated carbocycles. The normalized spacial score (nSPS) is 25.1. The number of hydrogen-bond acceptors (Lipinski definition) is 6. The van der Waals surface area contributed by atoms with Crippen LogP contribution in [0.1, 0.15) is 79.6 Å². The molecule has 3 fully saturated rings. The highest BCUT2D eigenvalue weighted by Gasteiger charge is 2.69. The Morgan fingerprint density at radius 1 is 1.08 bits per heavy atom. The monoisotopic (exact) mass is 543 g/mol. The van der Waals surface area contributed by atoms with Gasteiger partial charge in [0.1, 0.15) is 5.78 Å². The van der Waals surface area contributed by atoms with E-state index in [0.29, 0.717) is 18.9 Å². The molecule has 9 heteroatoms. The van der Waals surface area contributed by atoms with Crippen molar-refractivity contribution in [1.29, 1.82) is 0 Å². The van der Waals surface area contributed by atoms with E-state index in [1.54, 1.807) is 4.90 Å². The first-order chi connectivity index (χ1) is 18.1. The van der Waals surface area contributed by atoms with Gasteiger partial charge in [0.2, 0.25) is 17.6 Å². The first-order valence-electron chi connectivity index (χ1n) is 14.2. The van der Waals surface area contributed by atoms with Crippen LogP contribution in [0.25, 0.3) is 0 Å². The van der Waals surface area contributed by atoms with Crippen LogP contribution in [0.3, 0.4) is 0 Å². The molecular formula is C30H45N3O6. The van der Waals surface area contributed by atoms with Crippen LogP contribution in [0.5, 0.6) is 0 Å². The molecule has 3 aliphatic rings. The minimum atomic E-state index is -1.04. The average molecular weight is 544 g/mol. The van der Waals surface area contributed by atoms with Gasteiger partial charge >= 0.3 is 0 Å². The van der Waals surface area contributed by atoms with Crippen LogP contribution in [-0.2, 0) is 28.8 Å². The summed E-state index contributed by atoms with van der Waals surface area (Å²) in [6.45, 7) is 13.7. The van der Waals surface area contributed by atoms with E-state index in [9.17, 15) is 28.8 Å². The highest BCUT2D eigenvalue weighted by Crippen LogP contribution is 2.65. The summed E-state index contributed by atoms with van der Waals surface area (Å²) in [5.74, 6) is -4.13. The van der Waals surface area contributed by atoms with Crippen molar-refractivity contribution in [2.75, 3.05) is 13.1 Å². The van der Waals surface area contributed by atoms with Gasteiger partial charge in [-0.3, -0.25) is 28.8 Å². The van der Waals surface area contributed by atoms with Crippen LogP contribution >= 0.6 is 0 Å². The van der Waals surface area contributed by atoms with E-state index in [0.717, 1.165) is 25.3 Å². The number of rotatable bonds is 14. The van der Waals surface area contributed by atoms with Crippen molar-refractivity contribution in [3.8, 4) is 0 Å². The molecule has 1 saturated heterocycles. The van der Waals surface area contributed by atoms with E-state index in [1.165, 1.54) is 0 Å². The fourth-order valence-electron chi connectivity index (χ4n) is 6.58. The maximum atomic E-state index is 13.9. The predicted octanol–water partition coefficient (Wildman–Crippen LogP) is 2.60. The number of piperidine rings is 1. The van der Waals surface area contributed by atoms with Gasteiger partial charge in [-0.1, -0.05) is 60.5 Å². The van der Waals surface area contributed by atoms with Crippen molar-refractivity contribution < 1.29 is 28.8 Å². The van der Waals surface area contributed by atoms with E-state index in [2.05, 4.69) is 25.7 Å². The highest BCUT2D eigenvalue weighted by atomic mass is 16.2. The number of carbonyl (C=O) groups is 6.